The second-order valence-corrected chi connectivity index (χ2v) is 7.13. The van der Waals surface area contributed by atoms with Crippen LogP contribution >= 0.6 is 23.4 Å². The minimum Gasteiger partial charge on any atom is -0.497 e. The lowest BCUT2D eigenvalue weighted by atomic mass is 10.1. The highest BCUT2D eigenvalue weighted by molar-refractivity contribution is 7.99. The van der Waals surface area contributed by atoms with Crippen LogP contribution in [0.25, 0.3) is 5.69 Å². The van der Waals surface area contributed by atoms with Gasteiger partial charge in [0.25, 0.3) is 0 Å². The summed E-state index contributed by atoms with van der Waals surface area (Å²) in [5.74, 6) is -0.124. The molecular weight excluding hydrogens is 427 g/mol. The van der Waals surface area contributed by atoms with Crippen LogP contribution < -0.4 is 10.1 Å². The van der Waals surface area contributed by atoms with Gasteiger partial charge in [-0.2, -0.15) is 13.2 Å². The van der Waals surface area contributed by atoms with E-state index in [4.69, 9.17) is 16.3 Å². The molecule has 5 nitrogen and oxygen atoms in total. The molecule has 0 bridgehead atoms. The number of hydrogen-bond acceptors (Lipinski definition) is 4. The van der Waals surface area contributed by atoms with E-state index in [1.54, 1.807) is 36.2 Å². The molecular formula is C19H15ClF3N3O2S. The summed E-state index contributed by atoms with van der Waals surface area (Å²) in [6.07, 6.45) is -1.36. The van der Waals surface area contributed by atoms with Crippen molar-refractivity contribution in [1.29, 1.82) is 0 Å². The van der Waals surface area contributed by atoms with Crippen LogP contribution in [0.5, 0.6) is 5.75 Å². The lowest BCUT2D eigenvalue weighted by molar-refractivity contribution is -0.137. The van der Waals surface area contributed by atoms with E-state index >= 15 is 0 Å². The van der Waals surface area contributed by atoms with Gasteiger partial charge in [-0.3, -0.25) is 9.36 Å². The molecule has 0 saturated carbocycles. The fraction of sp³-hybridized carbons (Fsp3) is 0.158. The summed E-state index contributed by atoms with van der Waals surface area (Å²) in [7, 11) is 1.55. The number of methoxy groups -OCH3 is 1. The molecule has 0 saturated heterocycles. The predicted octanol–water partition coefficient (Wildman–Crippen LogP) is 5.28. The van der Waals surface area contributed by atoms with Crippen LogP contribution in [-0.2, 0) is 11.0 Å². The summed E-state index contributed by atoms with van der Waals surface area (Å²) in [6, 6.07) is 10.6. The Bertz CT molecular complexity index is 1020. The average molecular weight is 442 g/mol. The fourth-order valence-corrected chi connectivity index (χ4v) is 3.54. The normalized spacial score (nSPS) is 11.3. The molecule has 1 aromatic heterocycles. The molecule has 0 aliphatic heterocycles. The van der Waals surface area contributed by atoms with Gasteiger partial charge >= 0.3 is 6.18 Å². The lowest BCUT2D eigenvalue weighted by Gasteiger charge is -2.15. The molecule has 1 heterocycles. The summed E-state index contributed by atoms with van der Waals surface area (Å²) in [4.78, 5) is 16.5. The number of para-hydroxylation sites is 1. The number of nitrogens with one attached hydrogen (secondary N) is 1. The highest BCUT2D eigenvalue weighted by atomic mass is 35.5. The van der Waals surface area contributed by atoms with Crippen molar-refractivity contribution < 1.29 is 22.7 Å². The molecule has 29 heavy (non-hydrogen) atoms. The number of thioether (sulfide) groups is 1. The molecule has 0 unspecified atom stereocenters. The van der Waals surface area contributed by atoms with Crippen LogP contribution in [0.1, 0.15) is 5.56 Å². The number of halogens is 4. The minimum absolute atomic E-state index is 0.149. The van der Waals surface area contributed by atoms with Gasteiger partial charge in [0.05, 0.1) is 34.8 Å². The van der Waals surface area contributed by atoms with E-state index in [0.29, 0.717) is 10.9 Å². The Kier molecular flexibility index (Phi) is 6.39. The van der Waals surface area contributed by atoms with Crippen LogP contribution in [0.3, 0.4) is 0 Å². The minimum atomic E-state index is -4.64. The monoisotopic (exact) mass is 441 g/mol. The summed E-state index contributed by atoms with van der Waals surface area (Å²) in [5, 5.41) is 2.58. The maximum atomic E-state index is 13.2. The van der Waals surface area contributed by atoms with Gasteiger partial charge in [0.1, 0.15) is 5.75 Å². The number of nitrogens with zero attached hydrogens (tertiary/aromatic N) is 2. The Morgan fingerprint density at radius 3 is 2.76 bits per heavy atom. The van der Waals surface area contributed by atoms with E-state index in [1.807, 2.05) is 12.1 Å². The summed E-state index contributed by atoms with van der Waals surface area (Å²) in [5.41, 5.74) is -0.681. The Morgan fingerprint density at radius 1 is 1.28 bits per heavy atom. The number of carbonyl (C=O) groups excluding carboxylic acids is 1. The van der Waals surface area contributed by atoms with Crippen molar-refractivity contribution in [2.75, 3.05) is 18.2 Å². The SMILES string of the molecule is COc1cccc(-n2ccnc2SCC(=O)Nc2c(Cl)cccc2C(F)(F)F)c1. The third kappa shape index (κ3) is 5.04. The number of carbonyl (C=O) groups is 1. The predicted molar refractivity (Wildman–Crippen MR) is 106 cm³/mol. The van der Waals surface area contributed by atoms with Gasteiger partial charge in [-0.15, -0.1) is 0 Å². The van der Waals surface area contributed by atoms with Crippen molar-refractivity contribution >= 4 is 35.0 Å². The average Bonchev–Trinajstić information content (AvgIpc) is 3.16. The van der Waals surface area contributed by atoms with Gasteiger partial charge in [-0.1, -0.05) is 35.5 Å². The molecule has 0 aliphatic carbocycles. The topological polar surface area (TPSA) is 56.2 Å². The first-order chi connectivity index (χ1) is 13.8. The molecule has 0 aliphatic rings. The molecule has 1 amide bonds. The number of hydrogen-bond donors (Lipinski definition) is 1. The Hall–Kier alpha value is -2.65. The summed E-state index contributed by atoms with van der Waals surface area (Å²) in [6.45, 7) is 0. The molecule has 0 spiro atoms. The fourth-order valence-electron chi connectivity index (χ4n) is 2.55. The van der Waals surface area contributed by atoms with Crippen LogP contribution in [0.2, 0.25) is 5.02 Å². The van der Waals surface area contributed by atoms with Crippen LogP contribution in [0, 0.1) is 0 Å². The first-order valence-corrected chi connectivity index (χ1v) is 9.62. The van der Waals surface area contributed by atoms with Crippen molar-refractivity contribution in [3.05, 3.63) is 65.4 Å². The first kappa shape index (κ1) is 21.1. The maximum Gasteiger partial charge on any atom is 0.418 e. The maximum absolute atomic E-state index is 13.2. The second-order valence-electron chi connectivity index (χ2n) is 5.78. The zero-order chi connectivity index (χ0) is 21.0. The van der Waals surface area contributed by atoms with E-state index in [9.17, 15) is 18.0 Å². The smallest absolute Gasteiger partial charge is 0.418 e. The van der Waals surface area contributed by atoms with Crippen LogP contribution in [0.15, 0.2) is 60.0 Å². The number of alkyl halides is 3. The van der Waals surface area contributed by atoms with Gasteiger partial charge in [-0.05, 0) is 24.3 Å². The number of aromatic nitrogens is 2. The highest BCUT2D eigenvalue weighted by Crippen LogP contribution is 2.38. The van der Waals surface area contributed by atoms with E-state index in [2.05, 4.69) is 10.3 Å². The first-order valence-electron chi connectivity index (χ1n) is 8.25. The van der Waals surface area contributed by atoms with Crippen LogP contribution in [0.4, 0.5) is 18.9 Å². The molecule has 0 atom stereocenters. The van der Waals surface area contributed by atoms with Crippen molar-refractivity contribution in [3.63, 3.8) is 0 Å². The van der Waals surface area contributed by atoms with Crippen molar-refractivity contribution in [1.82, 2.24) is 9.55 Å². The quantitative estimate of drug-likeness (QED) is 0.528. The lowest BCUT2D eigenvalue weighted by Crippen LogP contribution is -2.18. The van der Waals surface area contributed by atoms with Gasteiger partial charge in [0.2, 0.25) is 5.91 Å². The van der Waals surface area contributed by atoms with Crippen molar-refractivity contribution in [2.24, 2.45) is 0 Å². The zero-order valence-electron chi connectivity index (χ0n) is 15.0. The van der Waals surface area contributed by atoms with Gasteiger partial charge in [0.15, 0.2) is 5.16 Å². The Morgan fingerprint density at radius 2 is 2.03 bits per heavy atom. The Balaban J connectivity index is 1.73. The number of anilines is 1. The molecule has 3 rings (SSSR count). The number of imidazole rings is 1. The molecule has 152 valence electrons. The Labute approximate surface area is 173 Å². The van der Waals surface area contributed by atoms with Crippen molar-refractivity contribution in [2.45, 2.75) is 11.3 Å². The van der Waals surface area contributed by atoms with Crippen LogP contribution in [-0.4, -0.2) is 28.3 Å². The van der Waals surface area contributed by atoms with Gasteiger partial charge in [-0.25, -0.2) is 4.98 Å². The van der Waals surface area contributed by atoms with Crippen molar-refractivity contribution in [3.8, 4) is 11.4 Å². The highest BCUT2D eigenvalue weighted by Gasteiger charge is 2.34. The molecule has 2 aromatic carbocycles. The van der Waals surface area contributed by atoms with E-state index in [0.717, 1.165) is 23.5 Å². The number of benzene rings is 2. The largest absolute Gasteiger partial charge is 0.497 e. The molecule has 0 fully saturated rings. The summed E-state index contributed by atoms with van der Waals surface area (Å²) >= 11 is 6.95. The number of rotatable bonds is 6. The second kappa shape index (κ2) is 8.79. The zero-order valence-corrected chi connectivity index (χ0v) is 16.6. The molecule has 10 heteroatoms. The molecule has 0 radical (unpaired) electrons. The molecule has 1 N–H and O–H groups in total. The van der Waals surface area contributed by atoms with Gasteiger partial charge < -0.3 is 10.1 Å². The third-order valence-corrected chi connectivity index (χ3v) is 5.14. The standard InChI is InChI=1S/C19H15ClF3N3O2S/c1-28-13-5-2-4-12(10-13)26-9-8-24-18(26)29-11-16(27)25-17-14(19(21,22)23)6-3-7-15(17)20/h2-10H,11H2,1H3,(H,25,27). The van der Waals surface area contributed by atoms with E-state index in [-0.39, 0.29) is 10.8 Å². The van der Waals surface area contributed by atoms with E-state index < -0.39 is 23.3 Å². The third-order valence-electron chi connectivity index (χ3n) is 3.85. The summed E-state index contributed by atoms with van der Waals surface area (Å²) < 4.78 is 46.4. The number of ether oxygens (including phenoxy) is 1. The number of amides is 1. The van der Waals surface area contributed by atoms with Gasteiger partial charge in [0, 0.05) is 18.5 Å². The van der Waals surface area contributed by atoms with E-state index in [1.165, 1.54) is 12.1 Å². The molecule has 3 aromatic rings.